The summed E-state index contributed by atoms with van der Waals surface area (Å²) in [4.78, 5) is 32.1. The molecule has 4 saturated heterocycles. The number of ether oxygens (including phenoxy) is 2. The van der Waals surface area contributed by atoms with E-state index in [0.717, 1.165) is 96.7 Å². The first-order valence-electron chi connectivity index (χ1n) is 23.8. The fourth-order valence-electron chi connectivity index (χ4n) is 8.72. The molecule has 0 spiro atoms. The molecular weight excluding hydrogens is 839 g/mol. The Morgan fingerprint density at radius 2 is 1.02 bits per heavy atom. The lowest BCUT2D eigenvalue weighted by Crippen LogP contribution is -2.24. The Hall–Kier alpha value is -5.26. The maximum absolute atomic E-state index is 13.9. The van der Waals surface area contributed by atoms with Crippen LogP contribution in [-0.4, -0.2) is 186 Å². The molecule has 0 aliphatic carbocycles. The topological polar surface area (TPSA) is 114 Å². The molecule has 6 heterocycles. The lowest BCUT2D eigenvalue weighted by atomic mass is 10.1. The van der Waals surface area contributed by atoms with Gasteiger partial charge in [-0.3, -0.25) is 0 Å². The summed E-state index contributed by atoms with van der Waals surface area (Å²) in [5.74, 6) is 17.2. The summed E-state index contributed by atoms with van der Waals surface area (Å²) in [5, 5.41) is 8.64. The Morgan fingerprint density at radius 3 is 1.36 bits per heavy atom. The van der Waals surface area contributed by atoms with Gasteiger partial charge in [0.2, 0.25) is 11.9 Å². The van der Waals surface area contributed by atoms with Gasteiger partial charge < -0.3 is 49.5 Å². The van der Waals surface area contributed by atoms with Gasteiger partial charge in [-0.15, -0.1) is 0 Å². The molecule has 0 saturated carbocycles. The smallest absolute Gasteiger partial charge is 0.227 e. The van der Waals surface area contributed by atoms with E-state index in [0.29, 0.717) is 62.4 Å². The predicted molar refractivity (Wildman–Crippen MR) is 264 cm³/mol. The maximum atomic E-state index is 13.9. The molecule has 2 aromatic carbocycles. The van der Waals surface area contributed by atoms with Crippen LogP contribution in [0.4, 0.5) is 32.3 Å². The molecule has 356 valence electrons. The van der Waals surface area contributed by atoms with Crippen LogP contribution in [0, 0.1) is 23.7 Å². The molecule has 16 heteroatoms. The number of hydrogen-bond acceptors (Lipinski definition) is 14. The van der Waals surface area contributed by atoms with E-state index >= 15 is 0 Å². The third-order valence-corrected chi connectivity index (χ3v) is 12.5. The third-order valence-electron chi connectivity index (χ3n) is 12.5. The van der Waals surface area contributed by atoms with Gasteiger partial charge in [0, 0.05) is 76.0 Å². The first-order valence-corrected chi connectivity index (χ1v) is 23.8. The maximum Gasteiger partial charge on any atom is 0.227 e. The Kier molecular flexibility index (Phi) is 17.7. The van der Waals surface area contributed by atoms with Gasteiger partial charge in [0.1, 0.15) is 35.5 Å². The number of anilines is 4. The molecule has 4 aliphatic rings. The molecule has 4 aliphatic heterocycles. The number of alkyl halides is 2. The SMILES string of the molecule is COc1cc2c(NCCN(C)C)nc(N3CC[C@H](F)C3)nc2cc1C#CCCN1CCCC1.COc1cc2c(NCCN(C)C)nc(N3CC[C@H](F)C3)nc2cc1C#CCCN1CCCC1. The molecule has 66 heavy (non-hydrogen) atoms. The number of nitrogens with zero attached hydrogens (tertiary/aromatic N) is 10. The number of hydrogen-bond donors (Lipinski definition) is 2. The summed E-state index contributed by atoms with van der Waals surface area (Å²) in [7, 11) is 11.5. The summed E-state index contributed by atoms with van der Waals surface area (Å²) >= 11 is 0. The van der Waals surface area contributed by atoms with Crippen molar-refractivity contribution in [1.82, 2.24) is 39.5 Å². The second kappa shape index (κ2) is 24.0. The predicted octanol–water partition coefficient (Wildman–Crippen LogP) is 6.00. The van der Waals surface area contributed by atoms with Gasteiger partial charge in [-0.2, -0.15) is 9.97 Å². The van der Waals surface area contributed by atoms with Crippen LogP contribution in [-0.2, 0) is 0 Å². The van der Waals surface area contributed by atoms with Gasteiger partial charge in [-0.1, -0.05) is 23.7 Å². The minimum Gasteiger partial charge on any atom is -0.495 e. The number of likely N-dealkylation sites (tertiary alicyclic amines) is 2. The zero-order valence-corrected chi connectivity index (χ0v) is 40.1. The summed E-state index contributed by atoms with van der Waals surface area (Å²) in [6.45, 7) is 11.9. The number of nitrogens with one attached hydrogen (secondary N) is 2. The van der Waals surface area contributed by atoms with Crippen LogP contribution >= 0.6 is 0 Å². The molecule has 4 aromatic rings. The van der Waals surface area contributed by atoms with Gasteiger partial charge in [-0.25, -0.2) is 18.7 Å². The van der Waals surface area contributed by atoms with Crippen molar-refractivity contribution in [2.24, 2.45) is 0 Å². The molecule has 2 N–H and O–H groups in total. The molecule has 0 radical (unpaired) electrons. The number of rotatable bonds is 16. The van der Waals surface area contributed by atoms with Crippen molar-refractivity contribution in [2.45, 2.75) is 63.7 Å². The van der Waals surface area contributed by atoms with Crippen molar-refractivity contribution >= 4 is 45.3 Å². The highest BCUT2D eigenvalue weighted by atomic mass is 19.1. The Morgan fingerprint density at radius 1 is 0.606 bits per heavy atom. The van der Waals surface area contributed by atoms with E-state index in [1.54, 1.807) is 14.2 Å². The lowest BCUT2D eigenvalue weighted by molar-refractivity contribution is 0.348. The molecule has 2 aromatic heterocycles. The number of aromatic nitrogens is 4. The van der Waals surface area contributed by atoms with Crippen molar-refractivity contribution < 1.29 is 18.3 Å². The zero-order valence-electron chi connectivity index (χ0n) is 40.1. The largest absolute Gasteiger partial charge is 0.495 e. The fraction of sp³-hybridized carbons (Fsp3) is 0.600. The van der Waals surface area contributed by atoms with Crippen LogP contribution in [0.3, 0.4) is 0 Å². The first-order chi connectivity index (χ1) is 32.1. The van der Waals surface area contributed by atoms with Gasteiger partial charge in [0.25, 0.3) is 0 Å². The highest BCUT2D eigenvalue weighted by Crippen LogP contribution is 2.33. The third kappa shape index (κ3) is 13.4. The summed E-state index contributed by atoms with van der Waals surface area (Å²) < 4.78 is 39.0. The van der Waals surface area contributed by atoms with Crippen LogP contribution in [0.2, 0.25) is 0 Å². The summed E-state index contributed by atoms with van der Waals surface area (Å²) in [6.07, 6.45) is 6.20. The Balaban J connectivity index is 0.000000196. The molecular formula is C50H70F2N12O2. The van der Waals surface area contributed by atoms with Gasteiger partial charge in [-0.05, 0) is 117 Å². The number of fused-ring (bicyclic) bond motifs is 2. The monoisotopic (exact) mass is 909 g/mol. The average Bonchev–Trinajstić information content (AvgIpc) is 4.16. The van der Waals surface area contributed by atoms with Crippen LogP contribution in [0.15, 0.2) is 24.3 Å². The van der Waals surface area contributed by atoms with Gasteiger partial charge in [0.05, 0.1) is 49.5 Å². The van der Waals surface area contributed by atoms with Crippen molar-refractivity contribution in [3.05, 3.63) is 35.4 Å². The van der Waals surface area contributed by atoms with E-state index in [-0.39, 0.29) is 0 Å². The molecule has 0 bridgehead atoms. The van der Waals surface area contributed by atoms with E-state index in [9.17, 15) is 8.78 Å². The number of likely N-dealkylation sites (N-methyl/N-ethyl adjacent to an activating group) is 2. The standard InChI is InChI=1S/2C25H35FN6O/c2*1-30(2)15-10-27-24-21-17-23(33-3)19(8-4-5-11-31-12-6-7-13-31)16-22(21)28-25(29-24)32-14-9-20(26)18-32/h2*16-17,20H,5-7,9-15,18H2,1-3H3,(H,27,28,29)/t2*20-/m00/s1. The molecule has 14 nitrogen and oxygen atoms in total. The van der Waals surface area contributed by atoms with Crippen molar-refractivity contribution in [3.63, 3.8) is 0 Å². The summed E-state index contributed by atoms with van der Waals surface area (Å²) in [5.41, 5.74) is 3.22. The van der Waals surface area contributed by atoms with Gasteiger partial charge >= 0.3 is 0 Å². The first kappa shape index (κ1) is 48.7. The number of halogens is 2. The second-order valence-corrected chi connectivity index (χ2v) is 18.2. The lowest BCUT2D eigenvalue weighted by Gasteiger charge is -2.19. The minimum absolute atomic E-state index is 0.335. The molecule has 4 fully saturated rings. The van der Waals surface area contributed by atoms with Crippen molar-refractivity contribution in [3.8, 4) is 35.2 Å². The normalized spacial score (nSPS) is 18.7. The Bertz CT molecular complexity index is 2190. The molecule has 0 amide bonds. The van der Waals surface area contributed by atoms with Crippen LogP contribution in [0.1, 0.15) is 62.5 Å². The van der Waals surface area contributed by atoms with E-state index < -0.39 is 12.3 Å². The molecule has 0 unspecified atom stereocenters. The van der Waals surface area contributed by atoms with Crippen LogP contribution < -0.4 is 29.9 Å². The van der Waals surface area contributed by atoms with Crippen LogP contribution in [0.25, 0.3) is 21.8 Å². The second-order valence-electron chi connectivity index (χ2n) is 18.2. The Labute approximate surface area is 390 Å². The highest BCUT2D eigenvalue weighted by Gasteiger charge is 2.27. The molecule has 2 atom stereocenters. The van der Waals surface area contributed by atoms with Crippen LogP contribution in [0.5, 0.6) is 11.5 Å². The van der Waals surface area contributed by atoms with E-state index in [4.69, 9.17) is 29.4 Å². The minimum atomic E-state index is -0.831. The zero-order chi connectivity index (χ0) is 46.4. The van der Waals surface area contributed by atoms with E-state index in [2.05, 4.69) is 53.9 Å². The average molecular weight is 909 g/mol. The van der Waals surface area contributed by atoms with E-state index in [1.807, 2.05) is 62.3 Å². The number of benzene rings is 2. The van der Waals surface area contributed by atoms with Gasteiger partial charge in [0.15, 0.2) is 0 Å². The summed E-state index contributed by atoms with van der Waals surface area (Å²) in [6, 6.07) is 7.87. The van der Waals surface area contributed by atoms with Crippen molar-refractivity contribution in [1.29, 1.82) is 0 Å². The quantitative estimate of drug-likeness (QED) is 0.128. The molecule has 8 rings (SSSR count). The fourth-order valence-corrected chi connectivity index (χ4v) is 8.72. The van der Waals surface area contributed by atoms with E-state index in [1.165, 1.54) is 51.9 Å². The van der Waals surface area contributed by atoms with Crippen molar-refractivity contribution in [2.75, 3.05) is 154 Å². The highest BCUT2D eigenvalue weighted by molar-refractivity contribution is 5.94. The number of methoxy groups -OCH3 is 2.